The first-order chi connectivity index (χ1) is 14.0. The second kappa shape index (κ2) is 9.43. The molecule has 1 atom stereocenters. The number of aromatic nitrogens is 2. The summed E-state index contributed by atoms with van der Waals surface area (Å²) in [5.41, 5.74) is 3.02. The molecule has 0 saturated heterocycles. The van der Waals surface area contributed by atoms with E-state index in [0.717, 1.165) is 22.4 Å². The molecule has 0 aliphatic carbocycles. The maximum absolute atomic E-state index is 6.02. The van der Waals surface area contributed by atoms with Gasteiger partial charge in [-0.25, -0.2) is 0 Å². The summed E-state index contributed by atoms with van der Waals surface area (Å²) in [5.74, 6) is 2.38. The van der Waals surface area contributed by atoms with Crippen LogP contribution in [0.3, 0.4) is 0 Å². The third-order valence-corrected chi connectivity index (χ3v) is 4.62. The van der Waals surface area contributed by atoms with Gasteiger partial charge in [0.25, 0.3) is 0 Å². The number of rotatable bonds is 6. The number of aliphatic imine (C=N–C) groups is 1. The van der Waals surface area contributed by atoms with Crippen molar-refractivity contribution in [2.24, 2.45) is 4.99 Å². The van der Waals surface area contributed by atoms with Crippen molar-refractivity contribution in [2.75, 3.05) is 14.2 Å². The minimum Gasteiger partial charge on any atom is -0.496 e. The molecular formula is C21H24ClN5O2. The van der Waals surface area contributed by atoms with Gasteiger partial charge in [-0.05, 0) is 32.0 Å². The second-order valence-electron chi connectivity index (χ2n) is 6.56. The highest BCUT2D eigenvalue weighted by atomic mass is 35.5. The predicted octanol–water partition coefficient (Wildman–Crippen LogP) is 4.13. The van der Waals surface area contributed by atoms with Crippen LogP contribution in [0.2, 0.25) is 5.02 Å². The van der Waals surface area contributed by atoms with Crippen molar-refractivity contribution in [3.05, 3.63) is 64.5 Å². The highest BCUT2D eigenvalue weighted by Gasteiger charge is 2.14. The Hall–Kier alpha value is -3.06. The quantitative estimate of drug-likeness (QED) is 0.467. The molecule has 8 heteroatoms. The van der Waals surface area contributed by atoms with E-state index in [1.807, 2.05) is 31.2 Å². The van der Waals surface area contributed by atoms with Crippen molar-refractivity contribution >= 4 is 17.6 Å². The third kappa shape index (κ3) is 5.26. The Labute approximate surface area is 175 Å². The zero-order chi connectivity index (χ0) is 20.8. The molecule has 0 saturated carbocycles. The molecule has 29 heavy (non-hydrogen) atoms. The molecule has 0 bridgehead atoms. The summed E-state index contributed by atoms with van der Waals surface area (Å²) in [7, 11) is 3.38. The molecule has 0 radical (unpaired) electrons. The molecule has 2 aromatic carbocycles. The Kier molecular flexibility index (Phi) is 6.72. The van der Waals surface area contributed by atoms with Crippen molar-refractivity contribution < 1.29 is 9.26 Å². The molecule has 0 aliphatic heterocycles. The molecule has 152 valence electrons. The summed E-state index contributed by atoms with van der Waals surface area (Å²) in [6, 6.07) is 13.4. The van der Waals surface area contributed by atoms with Gasteiger partial charge in [0.05, 0.1) is 19.7 Å². The van der Waals surface area contributed by atoms with Gasteiger partial charge in [0, 0.05) is 23.2 Å². The fourth-order valence-corrected chi connectivity index (χ4v) is 3.09. The van der Waals surface area contributed by atoms with Crippen LogP contribution in [-0.2, 0) is 6.54 Å². The van der Waals surface area contributed by atoms with Crippen LogP contribution < -0.4 is 15.4 Å². The van der Waals surface area contributed by atoms with Crippen molar-refractivity contribution in [2.45, 2.75) is 26.4 Å². The Balaban J connectivity index is 1.63. The zero-order valence-electron chi connectivity index (χ0n) is 16.9. The Bertz CT molecular complexity index is 1000. The van der Waals surface area contributed by atoms with E-state index in [2.05, 4.69) is 38.8 Å². The van der Waals surface area contributed by atoms with Gasteiger partial charge < -0.3 is 19.9 Å². The lowest BCUT2D eigenvalue weighted by molar-refractivity contribution is 0.375. The van der Waals surface area contributed by atoms with Gasteiger partial charge >= 0.3 is 0 Å². The SMILES string of the molecule is CN=C(NCc1nc(-c2cccc(Cl)c2)no1)NC(C)c1cc(C)ccc1OC. The number of nitrogens with one attached hydrogen (secondary N) is 2. The summed E-state index contributed by atoms with van der Waals surface area (Å²) in [6.45, 7) is 4.44. The number of guanidine groups is 1. The highest BCUT2D eigenvalue weighted by molar-refractivity contribution is 6.30. The Morgan fingerprint density at radius 2 is 2.10 bits per heavy atom. The highest BCUT2D eigenvalue weighted by Crippen LogP contribution is 2.26. The van der Waals surface area contributed by atoms with E-state index < -0.39 is 0 Å². The van der Waals surface area contributed by atoms with Crippen molar-refractivity contribution in [1.82, 2.24) is 20.8 Å². The first kappa shape index (κ1) is 20.7. The number of ether oxygens (including phenoxy) is 1. The van der Waals surface area contributed by atoms with Crippen LogP contribution in [0.25, 0.3) is 11.4 Å². The molecule has 2 N–H and O–H groups in total. The second-order valence-corrected chi connectivity index (χ2v) is 7.00. The molecule has 1 unspecified atom stereocenters. The average molecular weight is 414 g/mol. The van der Waals surface area contributed by atoms with Gasteiger partial charge in [0.2, 0.25) is 11.7 Å². The average Bonchev–Trinajstić information content (AvgIpc) is 3.20. The Morgan fingerprint density at radius 3 is 2.83 bits per heavy atom. The molecule has 0 aliphatic rings. The number of aryl methyl sites for hydroxylation is 1. The number of hydrogen-bond acceptors (Lipinski definition) is 5. The largest absolute Gasteiger partial charge is 0.496 e. The van der Waals surface area contributed by atoms with Crippen LogP contribution in [0.5, 0.6) is 5.75 Å². The van der Waals surface area contributed by atoms with E-state index in [4.69, 9.17) is 20.9 Å². The maximum atomic E-state index is 6.02. The lowest BCUT2D eigenvalue weighted by atomic mass is 10.0. The van der Waals surface area contributed by atoms with Gasteiger partial charge in [0.15, 0.2) is 5.96 Å². The van der Waals surface area contributed by atoms with E-state index in [0.29, 0.717) is 29.2 Å². The summed E-state index contributed by atoms with van der Waals surface area (Å²) in [5, 5.41) is 11.2. The first-order valence-electron chi connectivity index (χ1n) is 9.20. The molecule has 1 heterocycles. The lowest BCUT2D eigenvalue weighted by Gasteiger charge is -2.20. The number of hydrogen-bond donors (Lipinski definition) is 2. The van der Waals surface area contributed by atoms with Crippen LogP contribution in [0, 0.1) is 6.92 Å². The predicted molar refractivity (Wildman–Crippen MR) is 114 cm³/mol. The monoisotopic (exact) mass is 413 g/mol. The van der Waals surface area contributed by atoms with Gasteiger partial charge in [0.1, 0.15) is 5.75 Å². The standard InChI is InChI=1S/C21H24ClN5O2/c1-13-8-9-18(28-4)17(10-13)14(2)25-21(23-3)24-12-19-26-20(27-29-19)15-6-5-7-16(22)11-15/h5-11,14H,12H2,1-4H3,(H2,23,24,25). The molecule has 0 fully saturated rings. The van der Waals surface area contributed by atoms with Crippen LogP contribution in [0.1, 0.15) is 30.0 Å². The molecular weight excluding hydrogens is 390 g/mol. The minimum atomic E-state index is -0.0132. The first-order valence-corrected chi connectivity index (χ1v) is 9.58. The summed E-state index contributed by atoms with van der Waals surface area (Å²) in [4.78, 5) is 8.67. The van der Waals surface area contributed by atoms with E-state index >= 15 is 0 Å². The zero-order valence-corrected chi connectivity index (χ0v) is 17.6. The normalized spacial score (nSPS) is 12.5. The van der Waals surface area contributed by atoms with Gasteiger partial charge in [-0.15, -0.1) is 0 Å². The van der Waals surface area contributed by atoms with Crippen molar-refractivity contribution in [3.63, 3.8) is 0 Å². The minimum absolute atomic E-state index is 0.0132. The lowest BCUT2D eigenvalue weighted by Crippen LogP contribution is -2.38. The molecule has 7 nitrogen and oxygen atoms in total. The molecule has 3 aromatic rings. The van der Waals surface area contributed by atoms with Crippen LogP contribution in [0.15, 0.2) is 52.0 Å². The van der Waals surface area contributed by atoms with E-state index in [1.165, 1.54) is 0 Å². The topological polar surface area (TPSA) is 84.6 Å². The third-order valence-electron chi connectivity index (χ3n) is 4.39. The molecule has 3 rings (SSSR count). The van der Waals surface area contributed by atoms with E-state index in [-0.39, 0.29) is 6.04 Å². The van der Waals surface area contributed by atoms with Crippen molar-refractivity contribution in [1.29, 1.82) is 0 Å². The van der Waals surface area contributed by atoms with Crippen LogP contribution in [0.4, 0.5) is 0 Å². The van der Waals surface area contributed by atoms with Gasteiger partial charge in [-0.1, -0.05) is 46.6 Å². The molecule has 0 amide bonds. The fourth-order valence-electron chi connectivity index (χ4n) is 2.90. The molecule has 1 aromatic heterocycles. The summed E-state index contributed by atoms with van der Waals surface area (Å²) < 4.78 is 10.8. The summed E-state index contributed by atoms with van der Waals surface area (Å²) in [6.07, 6.45) is 0. The number of methoxy groups -OCH3 is 1. The smallest absolute Gasteiger partial charge is 0.246 e. The van der Waals surface area contributed by atoms with Crippen molar-refractivity contribution in [3.8, 4) is 17.1 Å². The van der Waals surface area contributed by atoms with Gasteiger partial charge in [-0.2, -0.15) is 4.98 Å². The molecule has 0 spiro atoms. The van der Waals surface area contributed by atoms with E-state index in [1.54, 1.807) is 26.3 Å². The maximum Gasteiger partial charge on any atom is 0.246 e. The Morgan fingerprint density at radius 1 is 1.28 bits per heavy atom. The number of halogens is 1. The fraction of sp³-hybridized carbons (Fsp3) is 0.286. The summed E-state index contributed by atoms with van der Waals surface area (Å²) >= 11 is 6.02. The van der Waals surface area contributed by atoms with Gasteiger partial charge in [-0.3, -0.25) is 4.99 Å². The van der Waals surface area contributed by atoms with Crippen LogP contribution in [-0.4, -0.2) is 30.3 Å². The number of benzene rings is 2. The van der Waals surface area contributed by atoms with Crippen LogP contribution >= 0.6 is 11.6 Å². The number of nitrogens with zero attached hydrogens (tertiary/aromatic N) is 3. The van der Waals surface area contributed by atoms with E-state index in [9.17, 15) is 0 Å².